The van der Waals surface area contributed by atoms with Crippen LogP contribution >= 0.6 is 0 Å². The first-order valence-electron chi connectivity index (χ1n) is 5.46. The number of nitrogens with zero attached hydrogens (tertiary/aromatic N) is 2. The fourth-order valence-electron chi connectivity index (χ4n) is 2.01. The first kappa shape index (κ1) is 13.7. The van der Waals surface area contributed by atoms with Gasteiger partial charge in [-0.1, -0.05) is 6.92 Å². The molecule has 0 bridgehead atoms. The van der Waals surface area contributed by atoms with Crippen LogP contribution in [0.5, 0.6) is 0 Å². The summed E-state index contributed by atoms with van der Waals surface area (Å²) in [5, 5.41) is 8.35. The van der Waals surface area contributed by atoms with Crippen molar-refractivity contribution in [3.8, 4) is 0 Å². The highest BCUT2D eigenvalue weighted by molar-refractivity contribution is 5.74. The van der Waals surface area contributed by atoms with Crippen LogP contribution in [0.15, 0.2) is 0 Å². The number of hydrogen-bond acceptors (Lipinski definition) is 4. The summed E-state index contributed by atoms with van der Waals surface area (Å²) >= 11 is 0. The summed E-state index contributed by atoms with van der Waals surface area (Å²) in [6, 6.07) is -0.0670. The number of urea groups is 1. The summed E-state index contributed by atoms with van der Waals surface area (Å²) in [6.07, 6.45) is 0. The van der Waals surface area contributed by atoms with Crippen LogP contribution in [0.3, 0.4) is 0 Å². The Kier molecular flexibility index (Phi) is 4.71. The Hall–Kier alpha value is -1.34. The summed E-state index contributed by atoms with van der Waals surface area (Å²) in [7, 11) is 3.95. The van der Waals surface area contributed by atoms with Crippen LogP contribution in [0.1, 0.15) is 6.92 Å². The van der Waals surface area contributed by atoms with Crippen LogP contribution in [-0.4, -0.2) is 66.7 Å². The van der Waals surface area contributed by atoms with Crippen molar-refractivity contribution in [1.29, 1.82) is 0 Å². The Morgan fingerprint density at radius 3 is 2.59 bits per heavy atom. The van der Waals surface area contributed by atoms with Crippen molar-refractivity contribution in [3.05, 3.63) is 0 Å². The Bertz CT molecular complexity index is 295. The van der Waals surface area contributed by atoms with Gasteiger partial charge in [0.15, 0.2) is 6.61 Å². The van der Waals surface area contributed by atoms with Crippen molar-refractivity contribution in [2.45, 2.75) is 13.0 Å². The number of likely N-dealkylation sites (tertiary alicyclic amines) is 1. The molecule has 0 radical (unpaired) electrons. The average molecular weight is 245 g/mol. The van der Waals surface area contributed by atoms with Gasteiger partial charge in [0.2, 0.25) is 0 Å². The lowest BCUT2D eigenvalue weighted by atomic mass is 10.1. The third-order valence-corrected chi connectivity index (χ3v) is 2.88. The van der Waals surface area contributed by atoms with Gasteiger partial charge in [-0.05, 0) is 20.0 Å². The van der Waals surface area contributed by atoms with Crippen molar-refractivity contribution in [1.82, 2.24) is 15.3 Å². The zero-order chi connectivity index (χ0) is 13.0. The molecule has 1 rings (SSSR count). The number of amides is 2. The highest BCUT2D eigenvalue weighted by Crippen LogP contribution is 2.19. The lowest BCUT2D eigenvalue weighted by Gasteiger charge is -2.22. The van der Waals surface area contributed by atoms with Gasteiger partial charge < -0.3 is 14.9 Å². The summed E-state index contributed by atoms with van der Waals surface area (Å²) in [5.74, 6) is -0.735. The normalized spacial score (nSPS) is 24.1. The third kappa shape index (κ3) is 3.86. The number of carboxylic acids is 1. The number of carboxylic acid groups (broad SMARTS) is 1. The Labute approximate surface area is 100 Å². The molecule has 1 fully saturated rings. The predicted octanol–water partition coefficient (Wildman–Crippen LogP) is -0.406. The second-order valence-electron chi connectivity index (χ2n) is 4.50. The van der Waals surface area contributed by atoms with Gasteiger partial charge in [-0.25, -0.2) is 15.1 Å². The van der Waals surface area contributed by atoms with Crippen molar-refractivity contribution >= 4 is 12.0 Å². The maximum Gasteiger partial charge on any atom is 0.341 e. The molecule has 0 aliphatic carbocycles. The summed E-state index contributed by atoms with van der Waals surface area (Å²) in [6.45, 7) is 2.81. The molecule has 0 spiro atoms. The van der Waals surface area contributed by atoms with Gasteiger partial charge in [0, 0.05) is 19.1 Å². The van der Waals surface area contributed by atoms with Crippen LogP contribution in [0.25, 0.3) is 0 Å². The predicted molar refractivity (Wildman–Crippen MR) is 60.3 cm³/mol. The topological polar surface area (TPSA) is 82.1 Å². The van der Waals surface area contributed by atoms with E-state index in [4.69, 9.17) is 5.11 Å². The Balaban J connectivity index is 2.37. The van der Waals surface area contributed by atoms with Gasteiger partial charge in [0.1, 0.15) is 0 Å². The fourth-order valence-corrected chi connectivity index (χ4v) is 2.01. The number of carbonyl (C=O) groups is 2. The molecule has 1 heterocycles. The molecule has 7 heteroatoms. The van der Waals surface area contributed by atoms with E-state index < -0.39 is 12.6 Å². The second-order valence-corrected chi connectivity index (χ2v) is 4.50. The number of carbonyl (C=O) groups excluding carboxylic acids is 1. The molecular formula is C10H19N3O4. The van der Waals surface area contributed by atoms with E-state index in [1.807, 2.05) is 14.1 Å². The van der Waals surface area contributed by atoms with Gasteiger partial charge >= 0.3 is 12.0 Å². The quantitative estimate of drug-likeness (QED) is 0.658. The summed E-state index contributed by atoms with van der Waals surface area (Å²) in [4.78, 5) is 30.1. The van der Waals surface area contributed by atoms with E-state index in [2.05, 4.69) is 22.1 Å². The molecule has 2 atom stereocenters. The van der Waals surface area contributed by atoms with Crippen molar-refractivity contribution in [3.63, 3.8) is 0 Å². The smallest absolute Gasteiger partial charge is 0.341 e. The van der Waals surface area contributed by atoms with Gasteiger partial charge in [0.05, 0.1) is 0 Å². The van der Waals surface area contributed by atoms with Crippen LogP contribution in [0.4, 0.5) is 4.79 Å². The van der Waals surface area contributed by atoms with Crippen LogP contribution in [0.2, 0.25) is 0 Å². The van der Waals surface area contributed by atoms with E-state index >= 15 is 0 Å². The van der Waals surface area contributed by atoms with Crippen molar-refractivity contribution < 1.29 is 19.5 Å². The monoisotopic (exact) mass is 245 g/mol. The van der Waals surface area contributed by atoms with Crippen LogP contribution in [0, 0.1) is 5.92 Å². The minimum absolute atomic E-state index is 0.320. The number of hydrogen-bond donors (Lipinski definition) is 2. The molecule has 2 unspecified atom stereocenters. The maximum atomic E-state index is 11.6. The molecule has 1 aliphatic rings. The highest BCUT2D eigenvalue weighted by Gasteiger charge is 2.33. The zero-order valence-corrected chi connectivity index (χ0v) is 10.3. The van der Waals surface area contributed by atoms with E-state index in [-0.39, 0.29) is 6.03 Å². The lowest BCUT2D eigenvalue weighted by Crippen LogP contribution is -2.41. The molecule has 17 heavy (non-hydrogen) atoms. The number of nitrogens with one attached hydrogen (secondary N) is 1. The van der Waals surface area contributed by atoms with E-state index in [0.29, 0.717) is 25.0 Å². The first-order valence-corrected chi connectivity index (χ1v) is 5.46. The Morgan fingerprint density at radius 1 is 1.47 bits per heavy atom. The zero-order valence-electron chi connectivity index (χ0n) is 10.3. The van der Waals surface area contributed by atoms with E-state index in [1.165, 1.54) is 0 Å². The number of rotatable bonds is 4. The van der Waals surface area contributed by atoms with Crippen molar-refractivity contribution in [2.75, 3.05) is 33.8 Å². The first-order chi connectivity index (χ1) is 7.91. The molecule has 1 saturated heterocycles. The van der Waals surface area contributed by atoms with E-state index in [0.717, 1.165) is 0 Å². The van der Waals surface area contributed by atoms with Gasteiger partial charge in [-0.2, -0.15) is 0 Å². The molecular weight excluding hydrogens is 226 g/mol. The van der Waals surface area contributed by atoms with Gasteiger partial charge in [-0.15, -0.1) is 0 Å². The number of hydroxylamine groups is 1. The molecule has 0 aromatic carbocycles. The van der Waals surface area contributed by atoms with Crippen LogP contribution < -0.4 is 5.48 Å². The van der Waals surface area contributed by atoms with Crippen molar-refractivity contribution in [2.24, 2.45) is 5.92 Å². The Morgan fingerprint density at radius 2 is 2.12 bits per heavy atom. The third-order valence-electron chi connectivity index (χ3n) is 2.88. The lowest BCUT2D eigenvalue weighted by molar-refractivity contribution is -0.144. The molecule has 7 nitrogen and oxygen atoms in total. The van der Waals surface area contributed by atoms with Gasteiger partial charge in [0.25, 0.3) is 0 Å². The van der Waals surface area contributed by atoms with Gasteiger partial charge in [-0.3, -0.25) is 4.84 Å². The minimum atomic E-state index is -1.12. The molecule has 98 valence electrons. The maximum absolute atomic E-state index is 11.6. The molecule has 0 saturated carbocycles. The largest absolute Gasteiger partial charge is 0.479 e. The fraction of sp³-hybridized carbons (Fsp3) is 0.800. The number of aliphatic carboxylic acids is 1. The second kappa shape index (κ2) is 5.83. The summed E-state index contributed by atoms with van der Waals surface area (Å²) < 4.78 is 0. The van der Waals surface area contributed by atoms with Crippen LogP contribution in [-0.2, 0) is 9.63 Å². The standard InChI is InChI=1S/C10H19N3O4/c1-7-4-13(5-8(7)12(2)3)10(16)11-17-6-9(14)15/h7-8H,4-6H2,1-3H3,(H,11,16)(H,14,15). The number of likely N-dealkylation sites (N-methyl/N-ethyl adjacent to an activating group) is 1. The highest BCUT2D eigenvalue weighted by atomic mass is 16.7. The summed E-state index contributed by atoms with van der Waals surface area (Å²) in [5.41, 5.74) is 2.12. The van der Waals surface area contributed by atoms with E-state index in [1.54, 1.807) is 4.90 Å². The molecule has 0 aromatic rings. The average Bonchev–Trinajstić information content (AvgIpc) is 2.59. The minimum Gasteiger partial charge on any atom is -0.479 e. The molecule has 2 amide bonds. The molecule has 2 N–H and O–H groups in total. The SMILES string of the molecule is CC1CN(C(=O)NOCC(=O)O)CC1N(C)C. The van der Waals surface area contributed by atoms with E-state index in [9.17, 15) is 9.59 Å². The molecule has 0 aromatic heterocycles. The molecule has 1 aliphatic heterocycles.